The van der Waals surface area contributed by atoms with Crippen LogP contribution in [0, 0.1) is 0 Å². The molecule has 8 nitrogen and oxygen atoms in total. The molecule has 0 radical (unpaired) electrons. The first-order valence-electron chi connectivity index (χ1n) is 8.58. The van der Waals surface area contributed by atoms with Crippen LogP contribution in [-0.4, -0.2) is 39.3 Å². The number of carbonyl (C=O) groups is 3. The average Bonchev–Trinajstić information content (AvgIpc) is 2.69. The molecule has 0 aliphatic heterocycles. The second kappa shape index (κ2) is 10.7. The molecule has 0 aliphatic carbocycles. The van der Waals surface area contributed by atoms with Crippen molar-refractivity contribution < 1.29 is 34.2 Å². The Labute approximate surface area is 161 Å². The summed E-state index contributed by atoms with van der Waals surface area (Å²) in [6.45, 7) is -0.0556. The summed E-state index contributed by atoms with van der Waals surface area (Å²) in [4.78, 5) is 40.0. The van der Waals surface area contributed by atoms with Gasteiger partial charge in [0.25, 0.3) is 0 Å². The molecule has 0 bridgehead atoms. The fourth-order valence-electron chi connectivity index (χ4n) is 2.40. The van der Waals surface area contributed by atoms with Crippen molar-refractivity contribution in [3.05, 3.63) is 71.8 Å². The summed E-state index contributed by atoms with van der Waals surface area (Å²) in [5, 5.41) is 19.0. The lowest BCUT2D eigenvalue weighted by atomic mass is 10.1. The number of carboxylic acid groups (broad SMARTS) is 2. The SMILES string of the molecule is O=C(CC[C@@H](C(=O)O)N(OCc1ccccc1)C(=O)O)OCc1ccccc1. The van der Waals surface area contributed by atoms with E-state index in [9.17, 15) is 24.6 Å². The fraction of sp³-hybridized carbons (Fsp3) is 0.250. The Hall–Kier alpha value is -3.39. The molecule has 0 heterocycles. The van der Waals surface area contributed by atoms with Gasteiger partial charge >= 0.3 is 18.0 Å². The van der Waals surface area contributed by atoms with E-state index in [0.717, 1.165) is 5.56 Å². The van der Waals surface area contributed by atoms with Crippen LogP contribution < -0.4 is 0 Å². The van der Waals surface area contributed by atoms with Crippen LogP contribution in [0.4, 0.5) is 4.79 Å². The molecule has 0 unspecified atom stereocenters. The Bertz CT molecular complexity index is 780. The predicted molar refractivity (Wildman–Crippen MR) is 98.0 cm³/mol. The monoisotopic (exact) mass is 387 g/mol. The summed E-state index contributed by atoms with van der Waals surface area (Å²) in [5.41, 5.74) is 1.48. The van der Waals surface area contributed by atoms with Crippen molar-refractivity contribution in [1.29, 1.82) is 0 Å². The minimum absolute atomic E-state index is 0.0601. The number of carboxylic acids is 1. The maximum absolute atomic E-state index is 11.9. The molecule has 2 rings (SSSR count). The van der Waals surface area contributed by atoms with Crippen LogP contribution in [0.15, 0.2) is 60.7 Å². The number of hydroxylamine groups is 2. The molecule has 0 aliphatic rings. The molecule has 2 N–H and O–H groups in total. The number of carbonyl (C=O) groups excluding carboxylic acids is 1. The van der Waals surface area contributed by atoms with Crippen LogP contribution in [-0.2, 0) is 32.4 Å². The van der Waals surface area contributed by atoms with Gasteiger partial charge in [-0.25, -0.2) is 9.59 Å². The molecule has 0 saturated carbocycles. The van der Waals surface area contributed by atoms with Gasteiger partial charge in [-0.1, -0.05) is 60.7 Å². The summed E-state index contributed by atoms with van der Waals surface area (Å²) in [6.07, 6.45) is -2.09. The number of hydrogen-bond donors (Lipinski definition) is 2. The zero-order valence-corrected chi connectivity index (χ0v) is 15.1. The van der Waals surface area contributed by atoms with Crippen LogP contribution in [0.3, 0.4) is 0 Å². The van der Waals surface area contributed by atoms with Crippen molar-refractivity contribution in [2.24, 2.45) is 0 Å². The lowest BCUT2D eigenvalue weighted by Gasteiger charge is -2.25. The van der Waals surface area contributed by atoms with E-state index >= 15 is 0 Å². The van der Waals surface area contributed by atoms with E-state index in [0.29, 0.717) is 10.6 Å². The number of nitrogens with zero attached hydrogens (tertiary/aromatic N) is 1. The van der Waals surface area contributed by atoms with Crippen LogP contribution in [0.25, 0.3) is 0 Å². The van der Waals surface area contributed by atoms with E-state index < -0.39 is 24.1 Å². The van der Waals surface area contributed by atoms with Crippen molar-refractivity contribution >= 4 is 18.0 Å². The molecular weight excluding hydrogens is 366 g/mol. The van der Waals surface area contributed by atoms with Crippen LogP contribution in [0.5, 0.6) is 0 Å². The third kappa shape index (κ3) is 6.73. The summed E-state index contributed by atoms with van der Waals surface area (Å²) in [7, 11) is 0. The van der Waals surface area contributed by atoms with E-state index in [-0.39, 0.29) is 26.1 Å². The zero-order chi connectivity index (χ0) is 20.4. The largest absolute Gasteiger partial charge is 0.480 e. The summed E-state index contributed by atoms with van der Waals surface area (Å²) >= 11 is 0. The molecule has 0 fully saturated rings. The van der Waals surface area contributed by atoms with Gasteiger partial charge in [-0.2, -0.15) is 5.06 Å². The number of ether oxygens (including phenoxy) is 1. The van der Waals surface area contributed by atoms with Gasteiger partial charge < -0.3 is 14.9 Å². The van der Waals surface area contributed by atoms with Gasteiger partial charge in [-0.05, 0) is 17.5 Å². The molecular formula is C20H21NO7. The first kappa shape index (κ1) is 20.9. The maximum atomic E-state index is 11.9. The van der Waals surface area contributed by atoms with Crippen molar-refractivity contribution in [3.8, 4) is 0 Å². The highest BCUT2D eigenvalue weighted by molar-refractivity contribution is 5.79. The third-order valence-electron chi connectivity index (χ3n) is 3.83. The summed E-state index contributed by atoms with van der Waals surface area (Å²) in [5.74, 6) is -2.03. The second-order valence-electron chi connectivity index (χ2n) is 5.91. The van der Waals surface area contributed by atoms with Crippen LogP contribution in [0.1, 0.15) is 24.0 Å². The molecule has 2 aromatic carbocycles. The van der Waals surface area contributed by atoms with E-state index in [1.54, 1.807) is 54.6 Å². The minimum Gasteiger partial charge on any atom is -0.480 e. The highest BCUT2D eigenvalue weighted by Crippen LogP contribution is 2.13. The number of amides is 1. The van der Waals surface area contributed by atoms with Gasteiger partial charge in [0.05, 0.1) is 0 Å². The molecule has 1 atom stereocenters. The first-order valence-corrected chi connectivity index (χ1v) is 8.58. The molecule has 148 valence electrons. The third-order valence-corrected chi connectivity index (χ3v) is 3.83. The molecule has 0 saturated heterocycles. The lowest BCUT2D eigenvalue weighted by Crippen LogP contribution is -2.44. The second-order valence-corrected chi connectivity index (χ2v) is 5.91. The van der Waals surface area contributed by atoms with Gasteiger partial charge in [-0.15, -0.1) is 0 Å². The van der Waals surface area contributed by atoms with Crippen molar-refractivity contribution in [3.63, 3.8) is 0 Å². The van der Waals surface area contributed by atoms with Gasteiger partial charge in [0.15, 0.2) is 6.04 Å². The maximum Gasteiger partial charge on any atom is 0.432 e. The number of aliphatic carboxylic acids is 1. The van der Waals surface area contributed by atoms with E-state index in [2.05, 4.69) is 0 Å². The number of benzene rings is 2. The Morgan fingerprint density at radius 2 is 1.39 bits per heavy atom. The van der Waals surface area contributed by atoms with Crippen LogP contribution in [0.2, 0.25) is 0 Å². The van der Waals surface area contributed by atoms with Crippen molar-refractivity contribution in [2.75, 3.05) is 0 Å². The summed E-state index contributed by atoms with van der Waals surface area (Å²) in [6, 6.07) is 16.2. The number of rotatable bonds is 10. The van der Waals surface area contributed by atoms with E-state index in [1.807, 2.05) is 6.07 Å². The highest BCUT2D eigenvalue weighted by Gasteiger charge is 2.31. The normalized spacial score (nSPS) is 11.4. The van der Waals surface area contributed by atoms with Crippen molar-refractivity contribution in [2.45, 2.75) is 32.1 Å². The molecule has 0 spiro atoms. The standard InChI is InChI=1S/C20H21NO7/c22-18(27-13-15-7-3-1-4-8-15)12-11-17(19(23)24)21(20(25)26)28-14-16-9-5-2-6-10-16/h1-10,17H,11-14H2,(H,23,24)(H,25,26)/t17-/m0/s1. The highest BCUT2D eigenvalue weighted by atomic mass is 16.7. The molecule has 1 amide bonds. The lowest BCUT2D eigenvalue weighted by molar-refractivity contribution is -0.187. The Morgan fingerprint density at radius 1 is 0.857 bits per heavy atom. The zero-order valence-electron chi connectivity index (χ0n) is 15.1. The topological polar surface area (TPSA) is 113 Å². The van der Waals surface area contributed by atoms with Crippen LogP contribution >= 0.6 is 0 Å². The molecule has 8 heteroatoms. The number of esters is 1. The molecule has 2 aromatic rings. The first-order chi connectivity index (χ1) is 13.5. The predicted octanol–water partition coefficient (Wildman–Crippen LogP) is 3.08. The van der Waals surface area contributed by atoms with Gasteiger partial charge in [0.1, 0.15) is 13.2 Å². The van der Waals surface area contributed by atoms with Gasteiger partial charge in [0, 0.05) is 6.42 Å². The fourth-order valence-corrected chi connectivity index (χ4v) is 2.40. The van der Waals surface area contributed by atoms with E-state index in [1.165, 1.54) is 0 Å². The summed E-state index contributed by atoms with van der Waals surface area (Å²) < 4.78 is 5.09. The minimum atomic E-state index is -1.55. The quantitative estimate of drug-likeness (QED) is 0.476. The molecule has 0 aromatic heterocycles. The Balaban J connectivity index is 1.90. The van der Waals surface area contributed by atoms with Crippen molar-refractivity contribution in [1.82, 2.24) is 5.06 Å². The smallest absolute Gasteiger partial charge is 0.432 e. The Kier molecular flexibility index (Phi) is 7.98. The van der Waals surface area contributed by atoms with Gasteiger partial charge in [-0.3, -0.25) is 9.63 Å². The van der Waals surface area contributed by atoms with Gasteiger partial charge in [0.2, 0.25) is 0 Å². The Morgan fingerprint density at radius 3 is 1.89 bits per heavy atom. The van der Waals surface area contributed by atoms with E-state index in [4.69, 9.17) is 9.57 Å². The average molecular weight is 387 g/mol. The molecule has 28 heavy (non-hydrogen) atoms. The number of hydrogen-bond acceptors (Lipinski definition) is 5.